The number of aromatic nitrogens is 2. The van der Waals surface area contributed by atoms with Crippen molar-refractivity contribution >= 4 is 40.1 Å². The van der Waals surface area contributed by atoms with E-state index in [4.69, 9.17) is 16.3 Å². The SMILES string of the molecule is O=C(Nc1snnc1C(=O)NCc1ccc(Cl)cc1)Oc1ccccc1. The van der Waals surface area contributed by atoms with Gasteiger partial charge in [-0.3, -0.25) is 10.1 Å². The van der Waals surface area contributed by atoms with Gasteiger partial charge in [-0.2, -0.15) is 0 Å². The van der Waals surface area contributed by atoms with E-state index in [1.54, 1.807) is 54.6 Å². The summed E-state index contributed by atoms with van der Waals surface area (Å²) < 4.78 is 8.83. The number of hydrogen-bond donors (Lipinski definition) is 2. The van der Waals surface area contributed by atoms with E-state index in [0.717, 1.165) is 17.1 Å². The molecule has 0 bridgehead atoms. The van der Waals surface area contributed by atoms with E-state index < -0.39 is 12.0 Å². The number of hydrogen-bond acceptors (Lipinski definition) is 6. The standard InChI is InChI=1S/C17H13ClN4O3S/c18-12-8-6-11(7-9-12)10-19-15(23)14-16(26-22-21-14)20-17(24)25-13-4-2-1-3-5-13/h1-9H,10H2,(H,19,23)(H,20,24). The van der Waals surface area contributed by atoms with Crippen molar-refractivity contribution in [3.8, 4) is 5.75 Å². The summed E-state index contributed by atoms with van der Waals surface area (Å²) in [7, 11) is 0. The normalized spacial score (nSPS) is 10.2. The maximum atomic E-state index is 12.3. The van der Waals surface area contributed by atoms with Crippen molar-refractivity contribution in [2.75, 3.05) is 5.32 Å². The lowest BCUT2D eigenvalue weighted by Gasteiger charge is -2.07. The number of rotatable bonds is 5. The van der Waals surface area contributed by atoms with Crippen LogP contribution in [0.15, 0.2) is 54.6 Å². The van der Waals surface area contributed by atoms with Gasteiger partial charge in [0.15, 0.2) is 10.7 Å². The van der Waals surface area contributed by atoms with Gasteiger partial charge in [-0.1, -0.05) is 46.4 Å². The Morgan fingerprint density at radius 2 is 1.81 bits per heavy atom. The maximum Gasteiger partial charge on any atom is 0.417 e. The molecule has 0 atom stereocenters. The van der Waals surface area contributed by atoms with E-state index in [0.29, 0.717) is 17.3 Å². The Bertz CT molecular complexity index is 900. The van der Waals surface area contributed by atoms with E-state index in [1.807, 2.05) is 0 Å². The predicted octanol–water partition coefficient (Wildman–Crippen LogP) is 3.73. The molecule has 0 fully saturated rings. The minimum Gasteiger partial charge on any atom is -0.410 e. The predicted molar refractivity (Wildman–Crippen MR) is 98.6 cm³/mol. The molecule has 2 aromatic carbocycles. The Balaban J connectivity index is 1.59. The summed E-state index contributed by atoms with van der Waals surface area (Å²) in [6, 6.07) is 15.7. The smallest absolute Gasteiger partial charge is 0.410 e. The van der Waals surface area contributed by atoms with Gasteiger partial charge in [-0.15, -0.1) is 5.10 Å². The summed E-state index contributed by atoms with van der Waals surface area (Å²) in [5.74, 6) is -0.0695. The third-order valence-electron chi connectivity index (χ3n) is 3.24. The zero-order chi connectivity index (χ0) is 18.4. The van der Waals surface area contributed by atoms with Crippen LogP contribution in [0.3, 0.4) is 0 Å². The van der Waals surface area contributed by atoms with Crippen LogP contribution >= 0.6 is 23.1 Å². The Morgan fingerprint density at radius 3 is 2.54 bits per heavy atom. The van der Waals surface area contributed by atoms with Crippen molar-refractivity contribution in [2.45, 2.75) is 6.54 Å². The van der Waals surface area contributed by atoms with E-state index in [-0.39, 0.29) is 10.7 Å². The third-order valence-corrected chi connectivity index (χ3v) is 4.13. The number of ether oxygens (including phenoxy) is 1. The van der Waals surface area contributed by atoms with Crippen LogP contribution in [0.25, 0.3) is 0 Å². The Hall–Kier alpha value is -2.97. The van der Waals surface area contributed by atoms with Gasteiger partial charge >= 0.3 is 6.09 Å². The molecular weight excluding hydrogens is 376 g/mol. The van der Waals surface area contributed by atoms with E-state index >= 15 is 0 Å². The molecule has 0 unspecified atom stereocenters. The average molecular weight is 389 g/mol. The molecule has 2 N–H and O–H groups in total. The third kappa shape index (κ3) is 4.78. The zero-order valence-electron chi connectivity index (χ0n) is 13.3. The molecule has 0 aliphatic carbocycles. The van der Waals surface area contributed by atoms with Crippen LogP contribution in [0.4, 0.5) is 9.80 Å². The molecule has 0 aliphatic rings. The molecule has 2 amide bonds. The van der Waals surface area contributed by atoms with Gasteiger partial charge in [0, 0.05) is 23.1 Å². The monoisotopic (exact) mass is 388 g/mol. The molecule has 1 aromatic heterocycles. The molecule has 26 heavy (non-hydrogen) atoms. The zero-order valence-corrected chi connectivity index (χ0v) is 14.9. The summed E-state index contributed by atoms with van der Waals surface area (Å²) in [5.41, 5.74) is 0.901. The molecule has 0 saturated carbocycles. The Labute approximate surface area is 158 Å². The van der Waals surface area contributed by atoms with Gasteiger partial charge in [-0.25, -0.2) is 4.79 Å². The maximum absolute atomic E-state index is 12.3. The molecule has 0 saturated heterocycles. The molecule has 3 aromatic rings. The van der Waals surface area contributed by atoms with Crippen molar-refractivity contribution in [2.24, 2.45) is 0 Å². The second-order valence-electron chi connectivity index (χ2n) is 5.09. The molecule has 7 nitrogen and oxygen atoms in total. The second kappa shape index (κ2) is 8.41. The summed E-state index contributed by atoms with van der Waals surface area (Å²) in [4.78, 5) is 24.2. The molecule has 0 aliphatic heterocycles. The van der Waals surface area contributed by atoms with E-state index in [1.165, 1.54) is 0 Å². The number of anilines is 1. The fourth-order valence-corrected chi connectivity index (χ4v) is 2.68. The topological polar surface area (TPSA) is 93.2 Å². The highest BCUT2D eigenvalue weighted by atomic mass is 35.5. The number of nitrogens with one attached hydrogen (secondary N) is 2. The van der Waals surface area contributed by atoms with Crippen molar-refractivity contribution in [3.63, 3.8) is 0 Å². The van der Waals surface area contributed by atoms with Crippen LogP contribution in [0, 0.1) is 0 Å². The number of halogens is 1. The van der Waals surface area contributed by atoms with Gasteiger partial charge in [0.1, 0.15) is 5.75 Å². The first-order valence-corrected chi connectivity index (χ1v) is 8.66. The molecule has 1 heterocycles. The van der Waals surface area contributed by atoms with Crippen molar-refractivity contribution in [1.82, 2.24) is 14.9 Å². The highest BCUT2D eigenvalue weighted by Gasteiger charge is 2.19. The molecular formula is C17H13ClN4O3S. The largest absolute Gasteiger partial charge is 0.417 e. The van der Waals surface area contributed by atoms with Crippen LogP contribution in [0.5, 0.6) is 5.75 Å². The van der Waals surface area contributed by atoms with Crippen molar-refractivity contribution in [1.29, 1.82) is 0 Å². The molecule has 0 radical (unpaired) electrons. The van der Waals surface area contributed by atoms with E-state index in [2.05, 4.69) is 20.2 Å². The van der Waals surface area contributed by atoms with Crippen LogP contribution in [0.2, 0.25) is 5.02 Å². The van der Waals surface area contributed by atoms with Crippen molar-refractivity contribution < 1.29 is 14.3 Å². The quantitative estimate of drug-likeness (QED) is 0.694. The number of benzene rings is 2. The molecule has 132 valence electrons. The molecule has 3 rings (SSSR count). The fraction of sp³-hybridized carbons (Fsp3) is 0.0588. The van der Waals surface area contributed by atoms with E-state index in [9.17, 15) is 9.59 Å². The minimum absolute atomic E-state index is 0.0222. The van der Waals surface area contributed by atoms with Crippen LogP contribution < -0.4 is 15.4 Å². The Morgan fingerprint density at radius 1 is 1.08 bits per heavy atom. The minimum atomic E-state index is -0.728. The molecule has 0 spiro atoms. The number of carbonyl (C=O) groups excluding carboxylic acids is 2. The summed E-state index contributed by atoms with van der Waals surface area (Å²) >= 11 is 6.72. The summed E-state index contributed by atoms with van der Waals surface area (Å²) in [6.07, 6.45) is -0.728. The first kappa shape index (κ1) is 17.8. The average Bonchev–Trinajstić information content (AvgIpc) is 3.10. The summed E-state index contributed by atoms with van der Waals surface area (Å²) in [5, 5.41) is 9.79. The van der Waals surface area contributed by atoms with Gasteiger partial charge < -0.3 is 10.1 Å². The lowest BCUT2D eigenvalue weighted by Crippen LogP contribution is -2.25. The number of nitrogens with zero attached hydrogens (tertiary/aromatic N) is 2. The number of carbonyl (C=O) groups is 2. The van der Waals surface area contributed by atoms with Gasteiger partial charge in [-0.05, 0) is 29.8 Å². The first-order chi connectivity index (χ1) is 12.6. The van der Waals surface area contributed by atoms with Gasteiger partial charge in [0.05, 0.1) is 0 Å². The number of amides is 2. The molecule has 9 heteroatoms. The van der Waals surface area contributed by atoms with Crippen LogP contribution in [-0.2, 0) is 6.54 Å². The highest BCUT2D eigenvalue weighted by molar-refractivity contribution is 7.10. The lowest BCUT2D eigenvalue weighted by molar-refractivity contribution is 0.0947. The summed E-state index contributed by atoms with van der Waals surface area (Å²) in [6.45, 7) is 0.293. The van der Waals surface area contributed by atoms with Crippen molar-refractivity contribution in [3.05, 3.63) is 70.9 Å². The number of para-hydroxylation sites is 1. The van der Waals surface area contributed by atoms with Crippen LogP contribution in [-0.4, -0.2) is 21.6 Å². The van der Waals surface area contributed by atoms with Crippen LogP contribution in [0.1, 0.15) is 16.1 Å². The second-order valence-corrected chi connectivity index (χ2v) is 6.28. The fourth-order valence-electron chi connectivity index (χ4n) is 2.00. The lowest BCUT2D eigenvalue weighted by atomic mass is 10.2. The van der Waals surface area contributed by atoms with Gasteiger partial charge in [0.2, 0.25) is 0 Å². The highest BCUT2D eigenvalue weighted by Crippen LogP contribution is 2.19. The van der Waals surface area contributed by atoms with Gasteiger partial charge in [0.25, 0.3) is 5.91 Å². The first-order valence-electron chi connectivity index (χ1n) is 7.50. The Kier molecular flexibility index (Phi) is 5.77.